The zero-order valence-corrected chi connectivity index (χ0v) is 16.5. The van der Waals surface area contributed by atoms with Crippen molar-refractivity contribution in [3.05, 3.63) is 75.6 Å². The van der Waals surface area contributed by atoms with Crippen molar-refractivity contribution in [2.24, 2.45) is 0 Å². The third-order valence-corrected chi connectivity index (χ3v) is 4.04. The van der Waals surface area contributed by atoms with Crippen LogP contribution >= 0.6 is 11.6 Å². The number of nitrogens with zero attached hydrogens (tertiary/aromatic N) is 3. The molecule has 3 rings (SSSR count). The van der Waals surface area contributed by atoms with Crippen LogP contribution in [-0.2, 0) is 6.73 Å². The van der Waals surface area contributed by atoms with Gasteiger partial charge in [-0.05, 0) is 30.3 Å². The number of non-ortho nitro benzene ring substituents is 1. The molecule has 0 fully saturated rings. The largest absolute Gasteiger partial charge is 0.487 e. The molecule has 3 aromatic rings. The maximum absolute atomic E-state index is 12.4. The number of carbonyl (C=O) groups is 1. The maximum atomic E-state index is 12.4. The van der Waals surface area contributed by atoms with E-state index in [4.69, 9.17) is 21.1 Å². The summed E-state index contributed by atoms with van der Waals surface area (Å²) in [6, 6.07) is 11.4. The number of nitro benzene ring substituents is 1. The van der Waals surface area contributed by atoms with Gasteiger partial charge in [0.2, 0.25) is 0 Å². The van der Waals surface area contributed by atoms with E-state index in [-0.39, 0.29) is 23.9 Å². The lowest BCUT2D eigenvalue weighted by atomic mass is 10.2. The van der Waals surface area contributed by atoms with E-state index in [2.05, 4.69) is 10.4 Å². The summed E-state index contributed by atoms with van der Waals surface area (Å²) in [5.41, 5.74) is -0.416. The Morgan fingerprint density at radius 2 is 1.90 bits per heavy atom. The van der Waals surface area contributed by atoms with Gasteiger partial charge in [0.15, 0.2) is 12.4 Å². The molecule has 0 aliphatic carbocycles. The molecule has 2 aromatic carbocycles. The van der Waals surface area contributed by atoms with E-state index >= 15 is 0 Å². The number of hydrogen-bond acceptors (Lipinski definition) is 6. The van der Waals surface area contributed by atoms with Gasteiger partial charge in [0.1, 0.15) is 18.1 Å². The van der Waals surface area contributed by atoms with Gasteiger partial charge in [0.05, 0.1) is 16.7 Å². The van der Waals surface area contributed by atoms with Crippen LogP contribution in [0.1, 0.15) is 10.5 Å². The zero-order chi connectivity index (χ0) is 22.4. The standard InChI is InChI=1S/C19H15ClF2N4O5/c20-12-1-3-15(4-2-12)31-11-25-6-5-17(24-25)19(27)23-13-7-14(26(28)29)9-16(8-13)30-10-18(21)22/h1-9,18H,10-11H2,(H,23,27). The first-order valence-electron chi connectivity index (χ1n) is 8.74. The normalized spacial score (nSPS) is 10.7. The van der Waals surface area contributed by atoms with Crippen molar-refractivity contribution in [2.75, 3.05) is 11.9 Å². The van der Waals surface area contributed by atoms with Gasteiger partial charge in [-0.2, -0.15) is 5.10 Å². The van der Waals surface area contributed by atoms with E-state index in [9.17, 15) is 23.7 Å². The van der Waals surface area contributed by atoms with Gasteiger partial charge in [-0.15, -0.1) is 0 Å². The molecule has 0 saturated carbocycles. The van der Waals surface area contributed by atoms with E-state index in [0.717, 1.165) is 12.1 Å². The Balaban J connectivity index is 1.66. The van der Waals surface area contributed by atoms with Crippen LogP contribution in [0.25, 0.3) is 0 Å². The highest BCUT2D eigenvalue weighted by Crippen LogP contribution is 2.26. The molecule has 0 unspecified atom stereocenters. The average molecular weight is 453 g/mol. The minimum atomic E-state index is -2.75. The second kappa shape index (κ2) is 9.85. The predicted molar refractivity (Wildman–Crippen MR) is 107 cm³/mol. The predicted octanol–water partition coefficient (Wildman–Crippen LogP) is 4.38. The molecule has 0 aliphatic rings. The van der Waals surface area contributed by atoms with Gasteiger partial charge in [0, 0.05) is 23.4 Å². The fourth-order valence-corrected chi connectivity index (χ4v) is 2.55. The van der Waals surface area contributed by atoms with Gasteiger partial charge in [-0.1, -0.05) is 11.6 Å². The number of aromatic nitrogens is 2. The highest BCUT2D eigenvalue weighted by molar-refractivity contribution is 6.30. The molecule has 1 heterocycles. The molecule has 9 nitrogen and oxygen atoms in total. The molecule has 31 heavy (non-hydrogen) atoms. The summed E-state index contributed by atoms with van der Waals surface area (Å²) < 4.78 is 36.4. The topological polar surface area (TPSA) is 109 Å². The Kier molecular flexibility index (Phi) is 6.98. The summed E-state index contributed by atoms with van der Waals surface area (Å²) in [5, 5.41) is 18.1. The van der Waals surface area contributed by atoms with Crippen molar-refractivity contribution < 1.29 is 28.0 Å². The van der Waals surface area contributed by atoms with E-state index in [1.54, 1.807) is 24.3 Å². The fourth-order valence-electron chi connectivity index (χ4n) is 2.42. The van der Waals surface area contributed by atoms with Gasteiger partial charge >= 0.3 is 0 Å². The number of anilines is 1. The number of carbonyl (C=O) groups excluding carboxylic acids is 1. The van der Waals surface area contributed by atoms with Gasteiger partial charge < -0.3 is 14.8 Å². The second-order valence-electron chi connectivity index (χ2n) is 6.10. The maximum Gasteiger partial charge on any atom is 0.276 e. The van der Waals surface area contributed by atoms with Crippen molar-refractivity contribution in [1.82, 2.24) is 9.78 Å². The molecule has 1 aromatic heterocycles. The first kappa shape index (κ1) is 22.0. The van der Waals surface area contributed by atoms with Gasteiger partial charge in [-0.3, -0.25) is 14.9 Å². The number of nitro groups is 1. The van der Waals surface area contributed by atoms with Crippen molar-refractivity contribution >= 4 is 28.9 Å². The van der Waals surface area contributed by atoms with Crippen molar-refractivity contribution in [3.63, 3.8) is 0 Å². The number of alkyl halides is 2. The number of benzene rings is 2. The molecule has 0 bridgehead atoms. The van der Waals surface area contributed by atoms with Crippen molar-refractivity contribution in [1.29, 1.82) is 0 Å². The minimum absolute atomic E-state index is 0.00423. The first-order valence-corrected chi connectivity index (χ1v) is 9.11. The summed E-state index contributed by atoms with van der Waals surface area (Å²) in [4.78, 5) is 22.8. The van der Waals surface area contributed by atoms with Gasteiger partial charge in [0.25, 0.3) is 18.0 Å². The van der Waals surface area contributed by atoms with Crippen LogP contribution in [0.3, 0.4) is 0 Å². The molecular weight excluding hydrogens is 438 g/mol. The lowest BCUT2D eigenvalue weighted by molar-refractivity contribution is -0.384. The highest BCUT2D eigenvalue weighted by Gasteiger charge is 2.16. The van der Waals surface area contributed by atoms with Crippen LogP contribution in [-0.4, -0.2) is 33.6 Å². The number of amides is 1. The minimum Gasteiger partial charge on any atom is -0.487 e. The average Bonchev–Trinajstić information content (AvgIpc) is 3.21. The third kappa shape index (κ3) is 6.37. The van der Waals surface area contributed by atoms with Crippen LogP contribution in [0, 0.1) is 10.1 Å². The lowest BCUT2D eigenvalue weighted by Crippen LogP contribution is -2.15. The summed E-state index contributed by atoms with van der Waals surface area (Å²) in [6.45, 7) is -0.913. The van der Waals surface area contributed by atoms with E-state index < -0.39 is 29.6 Å². The molecule has 0 saturated heterocycles. The van der Waals surface area contributed by atoms with Gasteiger partial charge in [-0.25, -0.2) is 13.5 Å². The quantitative estimate of drug-likeness (QED) is 0.381. The SMILES string of the molecule is O=C(Nc1cc(OCC(F)F)cc([N+](=O)[O-])c1)c1ccn(COc2ccc(Cl)cc2)n1. The Labute approximate surface area is 179 Å². The number of hydrogen-bond donors (Lipinski definition) is 1. The molecule has 0 atom stereocenters. The van der Waals surface area contributed by atoms with Crippen LogP contribution in [0.2, 0.25) is 5.02 Å². The fraction of sp³-hybridized carbons (Fsp3) is 0.158. The van der Waals surface area contributed by atoms with E-state index in [1.807, 2.05) is 0 Å². The van der Waals surface area contributed by atoms with Crippen LogP contribution < -0.4 is 14.8 Å². The molecular formula is C19H15ClF2N4O5. The number of halogens is 3. The first-order chi connectivity index (χ1) is 14.8. The summed E-state index contributed by atoms with van der Waals surface area (Å²) in [7, 11) is 0. The van der Waals surface area contributed by atoms with Crippen molar-refractivity contribution in [2.45, 2.75) is 13.2 Å². The second-order valence-corrected chi connectivity index (χ2v) is 6.53. The smallest absolute Gasteiger partial charge is 0.276 e. The van der Waals surface area contributed by atoms with Crippen LogP contribution in [0.4, 0.5) is 20.2 Å². The third-order valence-electron chi connectivity index (χ3n) is 3.79. The van der Waals surface area contributed by atoms with E-state index in [0.29, 0.717) is 10.8 Å². The van der Waals surface area contributed by atoms with Crippen LogP contribution in [0.15, 0.2) is 54.7 Å². The molecule has 12 heteroatoms. The molecule has 1 N–H and O–H groups in total. The molecule has 0 radical (unpaired) electrons. The number of nitrogens with one attached hydrogen (secondary N) is 1. The summed E-state index contributed by atoms with van der Waals surface area (Å²) >= 11 is 5.81. The Morgan fingerprint density at radius 3 is 2.58 bits per heavy atom. The van der Waals surface area contributed by atoms with E-state index in [1.165, 1.54) is 23.0 Å². The number of rotatable bonds is 9. The zero-order valence-electron chi connectivity index (χ0n) is 15.7. The summed E-state index contributed by atoms with van der Waals surface area (Å²) in [6.07, 6.45) is -1.24. The molecule has 1 amide bonds. The van der Waals surface area contributed by atoms with Crippen molar-refractivity contribution in [3.8, 4) is 11.5 Å². The Morgan fingerprint density at radius 1 is 1.16 bits per heavy atom. The number of ether oxygens (including phenoxy) is 2. The monoisotopic (exact) mass is 452 g/mol. The molecule has 0 spiro atoms. The Hall–Kier alpha value is -3.73. The molecule has 162 valence electrons. The molecule has 0 aliphatic heterocycles. The Bertz CT molecular complexity index is 1080. The lowest BCUT2D eigenvalue weighted by Gasteiger charge is -2.09. The van der Waals surface area contributed by atoms with Crippen LogP contribution in [0.5, 0.6) is 11.5 Å². The highest BCUT2D eigenvalue weighted by atomic mass is 35.5. The summed E-state index contributed by atoms with van der Waals surface area (Å²) in [5.74, 6) is -0.281.